The number of hydrogen-bond donors (Lipinski definition) is 1. The lowest BCUT2D eigenvalue weighted by atomic mass is 10.2. The van der Waals surface area contributed by atoms with Crippen LogP contribution in [0.1, 0.15) is 27.7 Å². The topological polar surface area (TPSA) is 65.0 Å². The molecule has 1 saturated heterocycles. The first-order valence-corrected chi connectivity index (χ1v) is 9.18. The average molecular weight is 446 g/mol. The van der Waals surface area contributed by atoms with Gasteiger partial charge in [0.2, 0.25) is 0 Å². The Balaban J connectivity index is 0.00000441. The zero-order valence-corrected chi connectivity index (χ0v) is 17.7. The highest BCUT2D eigenvalue weighted by Gasteiger charge is 2.40. The lowest BCUT2D eigenvalue weighted by Crippen LogP contribution is -2.57. The van der Waals surface area contributed by atoms with Crippen LogP contribution in [0.3, 0.4) is 0 Å². The Morgan fingerprint density at radius 2 is 2.00 bits per heavy atom. The first-order chi connectivity index (χ1) is 9.60. The van der Waals surface area contributed by atoms with Crippen LogP contribution in [0.4, 0.5) is 0 Å². The van der Waals surface area contributed by atoms with Crippen molar-refractivity contribution in [2.45, 2.75) is 38.5 Å². The molecule has 0 amide bonds. The van der Waals surface area contributed by atoms with Gasteiger partial charge in [0.15, 0.2) is 15.8 Å². The maximum atomic E-state index is 12.1. The van der Waals surface area contributed by atoms with E-state index in [0.717, 1.165) is 12.5 Å². The van der Waals surface area contributed by atoms with Crippen LogP contribution in [-0.4, -0.2) is 81.0 Å². The van der Waals surface area contributed by atoms with E-state index in [4.69, 9.17) is 0 Å². The van der Waals surface area contributed by atoms with E-state index < -0.39 is 14.6 Å². The number of nitrogens with zero attached hydrogens (tertiary/aromatic N) is 3. The van der Waals surface area contributed by atoms with E-state index in [0.29, 0.717) is 25.7 Å². The molecule has 1 fully saturated rings. The molecule has 1 heterocycles. The lowest BCUT2D eigenvalue weighted by molar-refractivity contribution is 0.316. The second kappa shape index (κ2) is 8.68. The van der Waals surface area contributed by atoms with Gasteiger partial charge in [0.1, 0.15) is 0 Å². The van der Waals surface area contributed by atoms with Crippen molar-refractivity contribution in [1.29, 1.82) is 0 Å². The van der Waals surface area contributed by atoms with Gasteiger partial charge in [0.25, 0.3) is 0 Å². The summed E-state index contributed by atoms with van der Waals surface area (Å²) in [4.78, 5) is 8.85. The minimum Gasteiger partial charge on any atom is -0.357 e. The Labute approximate surface area is 152 Å². The van der Waals surface area contributed by atoms with E-state index in [9.17, 15) is 8.42 Å². The highest BCUT2D eigenvalue weighted by molar-refractivity contribution is 14.0. The summed E-state index contributed by atoms with van der Waals surface area (Å²) in [7, 11) is 1.04. The van der Waals surface area contributed by atoms with Gasteiger partial charge >= 0.3 is 0 Å². The van der Waals surface area contributed by atoms with E-state index in [1.165, 1.54) is 0 Å². The van der Waals surface area contributed by atoms with Crippen molar-refractivity contribution in [2.24, 2.45) is 4.99 Å². The number of halogens is 1. The van der Waals surface area contributed by atoms with E-state index in [1.54, 1.807) is 13.8 Å². The number of guanidine groups is 1. The molecule has 0 spiro atoms. The molecule has 0 saturated carbocycles. The van der Waals surface area contributed by atoms with Crippen molar-refractivity contribution < 1.29 is 8.42 Å². The summed E-state index contributed by atoms with van der Waals surface area (Å²) in [6.45, 7) is 10.2. The molecule has 0 aliphatic carbocycles. The highest BCUT2D eigenvalue weighted by Crippen LogP contribution is 2.23. The molecule has 0 radical (unpaired) electrons. The molecule has 8 heteroatoms. The van der Waals surface area contributed by atoms with Crippen LogP contribution in [0.5, 0.6) is 0 Å². The summed E-state index contributed by atoms with van der Waals surface area (Å²) in [5, 5.41) is 3.27. The van der Waals surface area contributed by atoms with Crippen molar-refractivity contribution >= 4 is 39.8 Å². The third-order valence-corrected chi connectivity index (χ3v) is 6.60. The second-order valence-electron chi connectivity index (χ2n) is 6.51. The Kier molecular flexibility index (Phi) is 8.64. The maximum Gasteiger partial charge on any atom is 0.194 e. The van der Waals surface area contributed by atoms with E-state index in [1.807, 2.05) is 21.0 Å². The van der Waals surface area contributed by atoms with Gasteiger partial charge in [0, 0.05) is 25.7 Å². The predicted molar refractivity (Wildman–Crippen MR) is 104 cm³/mol. The van der Waals surface area contributed by atoms with Gasteiger partial charge in [-0.05, 0) is 41.8 Å². The smallest absolute Gasteiger partial charge is 0.194 e. The van der Waals surface area contributed by atoms with Crippen LogP contribution >= 0.6 is 24.0 Å². The normalized spacial score (nSPS) is 22.1. The lowest BCUT2D eigenvalue weighted by Gasteiger charge is -2.39. The summed E-state index contributed by atoms with van der Waals surface area (Å²) in [5.74, 6) is 1.00. The molecule has 0 aromatic heterocycles. The van der Waals surface area contributed by atoms with Crippen LogP contribution in [0.25, 0.3) is 0 Å². The largest absolute Gasteiger partial charge is 0.357 e. The minimum absolute atomic E-state index is 0. The molecule has 1 unspecified atom stereocenters. The molecular weight excluding hydrogens is 415 g/mol. The molecule has 1 N–H and O–H groups in total. The average Bonchev–Trinajstić information content (AvgIpc) is 2.37. The van der Waals surface area contributed by atoms with Gasteiger partial charge in [-0.15, -0.1) is 24.0 Å². The molecule has 0 aromatic rings. The van der Waals surface area contributed by atoms with Crippen molar-refractivity contribution in [3.8, 4) is 0 Å². The highest BCUT2D eigenvalue weighted by atomic mass is 127. The zero-order valence-electron chi connectivity index (χ0n) is 14.6. The van der Waals surface area contributed by atoms with E-state index in [-0.39, 0.29) is 29.7 Å². The van der Waals surface area contributed by atoms with Crippen molar-refractivity contribution in [3.05, 3.63) is 0 Å². The molecular formula is C14H31IN4O2S. The van der Waals surface area contributed by atoms with Crippen LogP contribution in [-0.2, 0) is 9.84 Å². The first-order valence-electron chi connectivity index (χ1n) is 7.52. The predicted octanol–water partition coefficient (Wildman–Crippen LogP) is 1.03. The number of hydrogen-bond acceptors (Lipinski definition) is 4. The van der Waals surface area contributed by atoms with Crippen LogP contribution < -0.4 is 5.32 Å². The monoisotopic (exact) mass is 446 g/mol. The van der Waals surface area contributed by atoms with E-state index >= 15 is 0 Å². The molecule has 1 aliphatic rings. The number of rotatable bonds is 4. The van der Waals surface area contributed by atoms with Gasteiger partial charge in [-0.3, -0.25) is 4.99 Å². The summed E-state index contributed by atoms with van der Waals surface area (Å²) in [6, 6.07) is 0.347. The van der Waals surface area contributed by atoms with Gasteiger partial charge in [-0.1, -0.05) is 0 Å². The van der Waals surface area contributed by atoms with E-state index in [2.05, 4.69) is 27.0 Å². The minimum atomic E-state index is -3.02. The maximum absolute atomic E-state index is 12.1. The molecule has 132 valence electrons. The Morgan fingerprint density at radius 1 is 1.41 bits per heavy atom. The standard InChI is InChI=1S/C14H30N4O2S.HI/c1-7-15-13(16-10-12(2)17(5)6)18-8-9-21(19,20)14(3,4)11-18;/h12H,7-11H2,1-6H3,(H,15,16);1H. The molecule has 1 atom stereocenters. The second-order valence-corrected chi connectivity index (χ2v) is 9.25. The summed E-state index contributed by atoms with van der Waals surface area (Å²) < 4.78 is 23.5. The molecule has 22 heavy (non-hydrogen) atoms. The third kappa shape index (κ3) is 5.52. The van der Waals surface area contributed by atoms with Gasteiger partial charge in [0.05, 0.1) is 17.0 Å². The van der Waals surface area contributed by atoms with Crippen molar-refractivity contribution in [3.63, 3.8) is 0 Å². The van der Waals surface area contributed by atoms with Gasteiger partial charge in [-0.2, -0.15) is 0 Å². The number of aliphatic imine (C=N–C) groups is 1. The Hall–Kier alpha value is -0.0900. The summed E-state index contributed by atoms with van der Waals surface area (Å²) in [6.07, 6.45) is 0. The fourth-order valence-corrected chi connectivity index (χ4v) is 3.50. The van der Waals surface area contributed by atoms with Crippen molar-refractivity contribution in [2.75, 3.05) is 46.0 Å². The SMILES string of the molecule is CCNC(=NCC(C)N(C)C)N1CCS(=O)(=O)C(C)(C)C1.I. The summed E-state index contributed by atoms with van der Waals surface area (Å²) in [5.41, 5.74) is 0. The number of sulfone groups is 1. The Morgan fingerprint density at radius 3 is 2.45 bits per heavy atom. The van der Waals surface area contributed by atoms with Crippen molar-refractivity contribution in [1.82, 2.24) is 15.1 Å². The molecule has 6 nitrogen and oxygen atoms in total. The molecule has 0 bridgehead atoms. The quantitative estimate of drug-likeness (QED) is 0.397. The fraction of sp³-hybridized carbons (Fsp3) is 0.929. The van der Waals surface area contributed by atoms with Gasteiger partial charge in [-0.25, -0.2) is 8.42 Å². The molecule has 1 rings (SSSR count). The Bertz CT molecular complexity index is 477. The van der Waals surface area contributed by atoms with Crippen LogP contribution in [0, 0.1) is 0 Å². The first kappa shape index (κ1) is 21.9. The number of nitrogens with one attached hydrogen (secondary N) is 1. The van der Waals surface area contributed by atoms with Crippen LogP contribution in [0.15, 0.2) is 4.99 Å². The molecule has 1 aliphatic heterocycles. The molecule has 0 aromatic carbocycles. The van der Waals surface area contributed by atoms with Crippen LogP contribution in [0.2, 0.25) is 0 Å². The number of likely N-dealkylation sites (N-methyl/N-ethyl adjacent to an activating group) is 1. The third-order valence-electron chi connectivity index (χ3n) is 4.06. The fourth-order valence-electron chi connectivity index (χ4n) is 2.13. The van der Waals surface area contributed by atoms with Gasteiger partial charge < -0.3 is 15.1 Å². The summed E-state index contributed by atoms with van der Waals surface area (Å²) >= 11 is 0. The zero-order chi connectivity index (χ0) is 16.3.